The first-order chi connectivity index (χ1) is 8.24. The first kappa shape index (κ1) is 11.5. The van der Waals surface area contributed by atoms with Gasteiger partial charge in [0.05, 0.1) is 5.54 Å². The van der Waals surface area contributed by atoms with Gasteiger partial charge in [-0.3, -0.25) is 0 Å². The van der Waals surface area contributed by atoms with Crippen LogP contribution in [0.25, 0.3) is 0 Å². The van der Waals surface area contributed by atoms with Crippen LogP contribution in [0.3, 0.4) is 0 Å². The molecule has 0 amide bonds. The van der Waals surface area contributed by atoms with Crippen LogP contribution in [-0.2, 0) is 5.54 Å². The predicted molar refractivity (Wildman–Crippen MR) is 74.1 cm³/mol. The summed E-state index contributed by atoms with van der Waals surface area (Å²) in [4.78, 5) is 0. The Morgan fingerprint density at radius 3 is 2.00 bits per heavy atom. The fourth-order valence-electron chi connectivity index (χ4n) is 1.85. The molecular weight excluding hydrogens is 206 g/mol. The Labute approximate surface area is 103 Å². The number of hydrogen-bond donors (Lipinski definition) is 1. The summed E-state index contributed by atoms with van der Waals surface area (Å²) in [5.74, 6) is 0. The van der Waals surface area contributed by atoms with E-state index in [0.717, 1.165) is 5.69 Å². The summed E-state index contributed by atoms with van der Waals surface area (Å²) in [6.45, 7) is 6.07. The Hall–Kier alpha value is -2.02. The normalized spacial score (nSPS) is 13.7. The van der Waals surface area contributed by atoms with E-state index in [1.54, 1.807) is 0 Å². The second-order valence-electron chi connectivity index (χ2n) is 4.26. The van der Waals surface area contributed by atoms with E-state index in [4.69, 9.17) is 0 Å². The fraction of sp³-hybridized carbons (Fsp3) is 0.125. The molecule has 0 aromatic heterocycles. The van der Waals surface area contributed by atoms with Gasteiger partial charge in [0.1, 0.15) is 0 Å². The van der Waals surface area contributed by atoms with Crippen LogP contribution in [0.4, 0.5) is 5.69 Å². The van der Waals surface area contributed by atoms with Crippen molar-refractivity contribution in [1.29, 1.82) is 0 Å². The van der Waals surface area contributed by atoms with Gasteiger partial charge in [-0.1, -0.05) is 54.6 Å². The van der Waals surface area contributed by atoms with Crippen LogP contribution in [0.1, 0.15) is 12.5 Å². The highest BCUT2D eigenvalue weighted by Gasteiger charge is 2.21. The zero-order valence-corrected chi connectivity index (χ0v) is 10.1. The molecule has 2 aromatic rings. The van der Waals surface area contributed by atoms with Crippen LogP contribution in [0.2, 0.25) is 0 Å². The second-order valence-corrected chi connectivity index (χ2v) is 4.26. The Morgan fingerprint density at radius 1 is 0.941 bits per heavy atom. The van der Waals surface area contributed by atoms with Crippen molar-refractivity contribution in [1.82, 2.24) is 0 Å². The average molecular weight is 223 g/mol. The Kier molecular flexibility index (Phi) is 3.29. The molecule has 0 saturated heterocycles. The number of anilines is 1. The van der Waals surface area contributed by atoms with Crippen molar-refractivity contribution in [3.63, 3.8) is 0 Å². The molecule has 0 spiro atoms. The Balaban J connectivity index is 2.30. The summed E-state index contributed by atoms with van der Waals surface area (Å²) < 4.78 is 0. The van der Waals surface area contributed by atoms with E-state index in [1.165, 1.54) is 5.56 Å². The number of nitrogens with one attached hydrogen (secondary N) is 1. The smallest absolute Gasteiger partial charge is 0.0778 e. The zero-order valence-electron chi connectivity index (χ0n) is 10.1. The molecule has 1 unspecified atom stereocenters. The first-order valence-corrected chi connectivity index (χ1v) is 5.77. The van der Waals surface area contributed by atoms with Crippen LogP contribution >= 0.6 is 0 Å². The van der Waals surface area contributed by atoms with Crippen molar-refractivity contribution < 1.29 is 0 Å². The largest absolute Gasteiger partial charge is 0.372 e. The number of hydrogen-bond acceptors (Lipinski definition) is 1. The van der Waals surface area contributed by atoms with Crippen molar-refractivity contribution >= 4 is 5.69 Å². The van der Waals surface area contributed by atoms with Gasteiger partial charge < -0.3 is 5.32 Å². The molecule has 1 heteroatoms. The quantitative estimate of drug-likeness (QED) is 0.766. The molecule has 0 heterocycles. The summed E-state index contributed by atoms with van der Waals surface area (Å²) in [5.41, 5.74) is 2.06. The van der Waals surface area contributed by atoms with Crippen LogP contribution < -0.4 is 5.32 Å². The molecule has 0 bridgehead atoms. The van der Waals surface area contributed by atoms with Gasteiger partial charge >= 0.3 is 0 Å². The van der Waals surface area contributed by atoms with Gasteiger partial charge in [0, 0.05) is 5.69 Å². The third kappa shape index (κ3) is 2.56. The Morgan fingerprint density at radius 2 is 1.47 bits per heavy atom. The highest BCUT2D eigenvalue weighted by molar-refractivity contribution is 5.49. The summed E-state index contributed by atoms with van der Waals surface area (Å²) in [6, 6.07) is 20.5. The molecule has 0 fully saturated rings. The minimum atomic E-state index is -0.247. The van der Waals surface area contributed by atoms with Crippen LogP contribution in [0.5, 0.6) is 0 Å². The topological polar surface area (TPSA) is 12.0 Å². The lowest BCUT2D eigenvalue weighted by Gasteiger charge is -2.29. The van der Waals surface area contributed by atoms with E-state index in [2.05, 4.69) is 43.1 Å². The molecule has 2 aromatic carbocycles. The van der Waals surface area contributed by atoms with Gasteiger partial charge in [0.2, 0.25) is 0 Å². The zero-order chi connectivity index (χ0) is 12.1. The lowest BCUT2D eigenvalue weighted by molar-refractivity contribution is 0.692. The molecule has 0 aliphatic carbocycles. The van der Waals surface area contributed by atoms with Crippen molar-refractivity contribution in [2.45, 2.75) is 12.5 Å². The standard InChI is InChI=1S/C16H17N/c1-3-16(2,14-10-6-4-7-11-14)17-15-12-8-5-9-13-15/h3-13,17H,1H2,2H3. The maximum absolute atomic E-state index is 3.94. The molecule has 86 valence electrons. The van der Waals surface area contributed by atoms with Crippen molar-refractivity contribution in [2.75, 3.05) is 5.32 Å². The van der Waals surface area contributed by atoms with Gasteiger partial charge in [-0.15, -0.1) is 6.58 Å². The number of benzene rings is 2. The highest BCUT2D eigenvalue weighted by atomic mass is 15.0. The minimum Gasteiger partial charge on any atom is -0.372 e. The van der Waals surface area contributed by atoms with Gasteiger partial charge in [0.15, 0.2) is 0 Å². The van der Waals surface area contributed by atoms with E-state index in [9.17, 15) is 0 Å². The van der Waals surface area contributed by atoms with E-state index in [1.807, 2.05) is 42.5 Å². The second kappa shape index (κ2) is 4.88. The fourth-order valence-corrected chi connectivity index (χ4v) is 1.85. The van der Waals surface area contributed by atoms with E-state index in [-0.39, 0.29) is 5.54 Å². The lowest BCUT2D eigenvalue weighted by atomic mass is 9.92. The molecule has 1 N–H and O–H groups in total. The molecular formula is C16H17N. The van der Waals surface area contributed by atoms with Crippen molar-refractivity contribution in [3.05, 3.63) is 78.9 Å². The van der Waals surface area contributed by atoms with E-state index >= 15 is 0 Å². The van der Waals surface area contributed by atoms with E-state index < -0.39 is 0 Å². The van der Waals surface area contributed by atoms with E-state index in [0.29, 0.717) is 0 Å². The van der Waals surface area contributed by atoms with Gasteiger partial charge in [-0.25, -0.2) is 0 Å². The summed E-state index contributed by atoms with van der Waals surface area (Å²) in [5, 5.41) is 3.50. The molecule has 0 radical (unpaired) electrons. The maximum Gasteiger partial charge on any atom is 0.0778 e. The SMILES string of the molecule is C=CC(C)(Nc1ccccc1)c1ccccc1. The molecule has 0 aliphatic heterocycles. The monoisotopic (exact) mass is 223 g/mol. The van der Waals surface area contributed by atoms with Crippen molar-refractivity contribution in [3.8, 4) is 0 Å². The molecule has 1 atom stereocenters. The molecule has 17 heavy (non-hydrogen) atoms. The van der Waals surface area contributed by atoms with Crippen molar-refractivity contribution in [2.24, 2.45) is 0 Å². The molecule has 0 saturated carbocycles. The summed E-state index contributed by atoms with van der Waals surface area (Å²) in [7, 11) is 0. The summed E-state index contributed by atoms with van der Waals surface area (Å²) in [6.07, 6.45) is 1.94. The van der Waals surface area contributed by atoms with Crippen LogP contribution in [0, 0.1) is 0 Å². The minimum absolute atomic E-state index is 0.247. The maximum atomic E-state index is 3.94. The molecule has 0 aliphatic rings. The van der Waals surface area contributed by atoms with Gasteiger partial charge in [0.25, 0.3) is 0 Å². The third-order valence-electron chi connectivity index (χ3n) is 2.96. The summed E-state index contributed by atoms with van der Waals surface area (Å²) >= 11 is 0. The number of rotatable bonds is 4. The van der Waals surface area contributed by atoms with Crippen LogP contribution in [-0.4, -0.2) is 0 Å². The molecule has 1 nitrogen and oxygen atoms in total. The van der Waals surface area contributed by atoms with Gasteiger partial charge in [-0.2, -0.15) is 0 Å². The average Bonchev–Trinajstić information content (AvgIpc) is 2.41. The first-order valence-electron chi connectivity index (χ1n) is 5.77. The Bertz CT molecular complexity index is 475. The number of para-hydroxylation sites is 1. The van der Waals surface area contributed by atoms with Gasteiger partial charge in [-0.05, 0) is 24.6 Å². The molecule has 2 rings (SSSR count). The predicted octanol–water partition coefficient (Wildman–Crippen LogP) is 4.20. The third-order valence-corrected chi connectivity index (χ3v) is 2.96. The lowest BCUT2D eigenvalue weighted by Crippen LogP contribution is -2.29. The highest BCUT2D eigenvalue weighted by Crippen LogP contribution is 2.26. The van der Waals surface area contributed by atoms with Crippen LogP contribution in [0.15, 0.2) is 73.3 Å².